The van der Waals surface area contributed by atoms with E-state index in [1.807, 2.05) is 24.3 Å². The topological polar surface area (TPSA) is 68.0 Å². The van der Waals surface area contributed by atoms with E-state index in [9.17, 15) is 4.79 Å². The summed E-state index contributed by atoms with van der Waals surface area (Å²) in [4.78, 5) is 19.2. The molecule has 0 aliphatic rings. The third kappa shape index (κ3) is 1.58. The first-order chi connectivity index (χ1) is 8.25. The molecule has 0 amide bonds. The van der Waals surface area contributed by atoms with Crippen molar-refractivity contribution in [1.29, 1.82) is 0 Å². The molecule has 0 aliphatic carbocycles. The number of benzene rings is 1. The third-order valence-corrected chi connectivity index (χ3v) is 3.38. The van der Waals surface area contributed by atoms with Crippen LogP contribution in [0.3, 0.4) is 0 Å². The minimum absolute atomic E-state index is 0.115. The number of carboxylic acids is 1. The number of para-hydroxylation sites is 1. The number of rotatable bonds is 2. The van der Waals surface area contributed by atoms with Gasteiger partial charge in [0.1, 0.15) is 6.33 Å². The number of carbonyl (C=O) groups is 1. The van der Waals surface area contributed by atoms with Gasteiger partial charge in [0.25, 0.3) is 0 Å². The molecular weight excluding hydrogens is 238 g/mol. The van der Waals surface area contributed by atoms with Gasteiger partial charge in [-0.25, -0.2) is 14.8 Å². The monoisotopic (exact) mass is 245 g/mol. The highest BCUT2D eigenvalue weighted by atomic mass is 32.1. The average molecular weight is 245 g/mol. The van der Waals surface area contributed by atoms with E-state index in [4.69, 9.17) is 5.11 Å². The summed E-state index contributed by atoms with van der Waals surface area (Å²) in [5.74, 6) is -1.01. The molecule has 0 aliphatic heterocycles. The number of fused-ring (bicyclic) bond motifs is 1. The second kappa shape index (κ2) is 3.67. The van der Waals surface area contributed by atoms with Crippen LogP contribution >= 0.6 is 11.3 Å². The fourth-order valence-electron chi connectivity index (χ4n) is 1.57. The highest BCUT2D eigenvalue weighted by molar-refractivity contribution is 7.20. The van der Waals surface area contributed by atoms with Crippen molar-refractivity contribution >= 4 is 27.5 Å². The molecule has 0 unspecified atom stereocenters. The Labute approximate surface area is 100.0 Å². The van der Waals surface area contributed by atoms with Crippen molar-refractivity contribution in [2.75, 3.05) is 0 Å². The van der Waals surface area contributed by atoms with Gasteiger partial charge in [0, 0.05) is 0 Å². The molecule has 0 bridgehead atoms. The first kappa shape index (κ1) is 9.98. The molecule has 17 heavy (non-hydrogen) atoms. The average Bonchev–Trinajstić information content (AvgIpc) is 2.95. The molecule has 0 spiro atoms. The minimum Gasteiger partial charge on any atom is -0.477 e. The molecule has 3 aromatic rings. The van der Waals surface area contributed by atoms with Gasteiger partial charge >= 0.3 is 5.97 Å². The first-order valence-electron chi connectivity index (χ1n) is 4.87. The molecule has 1 aromatic carbocycles. The molecule has 0 saturated heterocycles. The lowest BCUT2D eigenvalue weighted by Gasteiger charge is -1.98. The van der Waals surface area contributed by atoms with E-state index in [-0.39, 0.29) is 5.69 Å². The number of imidazole rings is 1. The van der Waals surface area contributed by atoms with Crippen LogP contribution < -0.4 is 0 Å². The van der Waals surface area contributed by atoms with Crippen molar-refractivity contribution in [1.82, 2.24) is 14.5 Å². The molecule has 2 heterocycles. The van der Waals surface area contributed by atoms with E-state index < -0.39 is 5.97 Å². The van der Waals surface area contributed by atoms with Crippen LogP contribution in [0.5, 0.6) is 0 Å². The number of thiazole rings is 1. The smallest absolute Gasteiger partial charge is 0.354 e. The van der Waals surface area contributed by atoms with Crippen LogP contribution in [0.4, 0.5) is 0 Å². The summed E-state index contributed by atoms with van der Waals surface area (Å²) in [6.45, 7) is 0. The van der Waals surface area contributed by atoms with E-state index >= 15 is 0 Å². The Morgan fingerprint density at radius 2 is 2.18 bits per heavy atom. The van der Waals surface area contributed by atoms with Crippen LogP contribution in [0, 0.1) is 0 Å². The number of carboxylic acid groups (broad SMARTS) is 1. The Balaban J connectivity index is 2.20. The van der Waals surface area contributed by atoms with Crippen molar-refractivity contribution in [3.05, 3.63) is 42.5 Å². The second-order valence-corrected chi connectivity index (χ2v) is 4.43. The highest BCUT2D eigenvalue weighted by Crippen LogP contribution is 2.25. The van der Waals surface area contributed by atoms with Crippen LogP contribution in [-0.4, -0.2) is 25.6 Å². The van der Waals surface area contributed by atoms with E-state index in [1.165, 1.54) is 28.4 Å². The molecule has 0 saturated carbocycles. The van der Waals surface area contributed by atoms with E-state index in [0.717, 1.165) is 10.2 Å². The molecule has 84 valence electrons. The van der Waals surface area contributed by atoms with E-state index in [2.05, 4.69) is 9.97 Å². The van der Waals surface area contributed by atoms with E-state index in [0.29, 0.717) is 5.13 Å². The maximum atomic E-state index is 11.0. The minimum atomic E-state index is -1.01. The Morgan fingerprint density at radius 1 is 1.35 bits per heavy atom. The van der Waals surface area contributed by atoms with Crippen molar-refractivity contribution in [2.45, 2.75) is 0 Å². The SMILES string of the molecule is O=C(O)c1cncn1-c1nc2ccccc2s1. The number of hydrogen-bond acceptors (Lipinski definition) is 4. The number of hydrogen-bond donors (Lipinski definition) is 1. The van der Waals surface area contributed by atoms with Gasteiger partial charge in [0.15, 0.2) is 10.8 Å². The lowest BCUT2D eigenvalue weighted by molar-refractivity contribution is 0.0688. The molecule has 1 N–H and O–H groups in total. The van der Waals surface area contributed by atoms with Crippen LogP contribution in [0.2, 0.25) is 0 Å². The van der Waals surface area contributed by atoms with E-state index in [1.54, 1.807) is 0 Å². The number of aromatic nitrogens is 3. The molecule has 0 radical (unpaired) electrons. The summed E-state index contributed by atoms with van der Waals surface area (Å²) in [6.07, 6.45) is 2.77. The zero-order valence-corrected chi connectivity index (χ0v) is 9.39. The summed E-state index contributed by atoms with van der Waals surface area (Å²) in [5, 5.41) is 9.62. The van der Waals surface area contributed by atoms with Gasteiger partial charge in [-0.3, -0.25) is 4.57 Å². The van der Waals surface area contributed by atoms with Gasteiger partial charge in [0.2, 0.25) is 0 Å². The molecule has 0 fully saturated rings. The molecular formula is C11H7N3O2S. The normalized spacial score (nSPS) is 10.8. The zero-order valence-electron chi connectivity index (χ0n) is 8.57. The number of aromatic carboxylic acids is 1. The van der Waals surface area contributed by atoms with Crippen LogP contribution in [0.15, 0.2) is 36.8 Å². The van der Waals surface area contributed by atoms with Gasteiger partial charge in [-0.05, 0) is 12.1 Å². The Morgan fingerprint density at radius 3 is 2.94 bits per heavy atom. The number of nitrogens with zero attached hydrogens (tertiary/aromatic N) is 3. The summed E-state index contributed by atoms with van der Waals surface area (Å²) >= 11 is 1.44. The van der Waals surface area contributed by atoms with Gasteiger partial charge in [-0.15, -0.1) is 0 Å². The van der Waals surface area contributed by atoms with Gasteiger partial charge in [-0.2, -0.15) is 0 Å². The molecule has 5 nitrogen and oxygen atoms in total. The largest absolute Gasteiger partial charge is 0.477 e. The lowest BCUT2D eigenvalue weighted by atomic mass is 10.3. The first-order valence-corrected chi connectivity index (χ1v) is 5.69. The summed E-state index contributed by atoms with van der Waals surface area (Å²) in [7, 11) is 0. The Hall–Kier alpha value is -2.21. The fraction of sp³-hybridized carbons (Fsp3) is 0. The zero-order chi connectivity index (χ0) is 11.8. The quantitative estimate of drug-likeness (QED) is 0.751. The summed E-state index contributed by atoms with van der Waals surface area (Å²) in [5.41, 5.74) is 0.974. The van der Waals surface area contributed by atoms with Crippen molar-refractivity contribution in [3.8, 4) is 5.13 Å². The molecule has 2 aromatic heterocycles. The summed E-state index contributed by atoms with van der Waals surface area (Å²) < 4.78 is 2.50. The predicted molar refractivity (Wildman–Crippen MR) is 63.7 cm³/mol. The van der Waals surface area contributed by atoms with Crippen LogP contribution in [-0.2, 0) is 0 Å². The maximum Gasteiger partial charge on any atom is 0.354 e. The van der Waals surface area contributed by atoms with Gasteiger partial charge in [0.05, 0.1) is 16.4 Å². The third-order valence-electron chi connectivity index (χ3n) is 2.35. The maximum absolute atomic E-state index is 11.0. The Bertz CT molecular complexity index is 668. The summed E-state index contributed by atoms with van der Waals surface area (Å²) in [6, 6.07) is 7.68. The van der Waals surface area contributed by atoms with Gasteiger partial charge in [-0.1, -0.05) is 23.5 Å². The standard InChI is InChI=1S/C11H7N3O2S/c15-10(16)8-5-12-6-14(8)11-13-7-3-1-2-4-9(7)17-11/h1-6H,(H,15,16). The molecule has 0 atom stereocenters. The van der Waals surface area contributed by atoms with Crippen molar-refractivity contribution in [2.24, 2.45) is 0 Å². The van der Waals surface area contributed by atoms with Crippen molar-refractivity contribution in [3.63, 3.8) is 0 Å². The van der Waals surface area contributed by atoms with Crippen molar-refractivity contribution < 1.29 is 9.90 Å². The second-order valence-electron chi connectivity index (χ2n) is 3.42. The predicted octanol–water partition coefficient (Wildman–Crippen LogP) is 2.18. The van der Waals surface area contributed by atoms with Crippen LogP contribution in [0.1, 0.15) is 10.5 Å². The molecule has 3 rings (SSSR count). The lowest BCUT2D eigenvalue weighted by Crippen LogP contribution is -2.04. The molecule has 6 heteroatoms. The van der Waals surface area contributed by atoms with Crippen LogP contribution in [0.25, 0.3) is 15.3 Å². The highest BCUT2D eigenvalue weighted by Gasteiger charge is 2.14. The Kier molecular flexibility index (Phi) is 2.15. The van der Waals surface area contributed by atoms with Gasteiger partial charge < -0.3 is 5.11 Å². The fourth-order valence-corrected chi connectivity index (χ4v) is 2.52.